The Kier molecular flexibility index (Phi) is 7.83. The molecule has 0 saturated heterocycles. The van der Waals surface area contributed by atoms with E-state index in [1.165, 1.54) is 0 Å². The van der Waals surface area contributed by atoms with E-state index in [1.807, 2.05) is 54.8 Å². The third-order valence-electron chi connectivity index (χ3n) is 5.22. The molecule has 188 valence electrons. The molecule has 5 N–H and O–H groups in total. The molecule has 0 unspecified atom stereocenters. The molecule has 4 aromatic rings. The van der Waals surface area contributed by atoms with Crippen molar-refractivity contribution in [3.8, 4) is 16.9 Å². The minimum atomic E-state index is -4.55. The summed E-state index contributed by atoms with van der Waals surface area (Å²) in [5.74, 6) is -0.671. The first-order valence-electron chi connectivity index (χ1n) is 10.4. The largest absolute Gasteiger partial charge is 0.497 e. The molecule has 0 bridgehead atoms. The molecule has 0 atom stereocenters. The van der Waals surface area contributed by atoms with E-state index in [-0.39, 0.29) is 6.41 Å². The van der Waals surface area contributed by atoms with E-state index in [9.17, 15) is 27.2 Å². The topological polar surface area (TPSA) is 109 Å². The third kappa shape index (κ3) is 5.74. The zero-order valence-corrected chi connectivity index (χ0v) is 19.2. The van der Waals surface area contributed by atoms with Crippen molar-refractivity contribution in [1.82, 2.24) is 4.98 Å². The van der Waals surface area contributed by atoms with Crippen molar-refractivity contribution < 1.29 is 31.9 Å². The molecule has 0 fully saturated rings. The number of hydrogen-bond acceptors (Lipinski definition) is 4. The van der Waals surface area contributed by atoms with E-state index in [0.717, 1.165) is 33.5 Å². The number of alkyl halides is 3. The standard InChI is InChI=1S/C17H17N3O2.C8H5F4NO/c1-19-11-5-3-10(4-6-11)15-13-8-7-12(22-2)9-14(13)20-16(15)17(18)21;9-6-2-1-5(8(10,11)12)3-7(6)13-4-14/h3-9,19-20H,1-2H3,(H2,18,21);1-4H,(H,13,14). The number of benzene rings is 3. The van der Waals surface area contributed by atoms with Crippen LogP contribution < -0.4 is 21.1 Å². The van der Waals surface area contributed by atoms with E-state index in [1.54, 1.807) is 7.11 Å². The fraction of sp³-hybridized carbons (Fsp3) is 0.120. The SMILES string of the molecule is CNc1ccc(-c2c(C(N)=O)[nH]c3cc(OC)ccc23)cc1.O=CNc1cc(C(F)(F)F)ccc1F. The number of amides is 2. The number of aromatic amines is 1. The van der Waals surface area contributed by atoms with Crippen LogP contribution in [0.15, 0.2) is 60.7 Å². The first kappa shape index (κ1) is 26.1. The monoisotopic (exact) mass is 502 g/mol. The number of nitrogens with two attached hydrogens (primary N) is 1. The third-order valence-corrected chi connectivity index (χ3v) is 5.22. The highest BCUT2D eigenvalue weighted by Gasteiger charge is 2.31. The van der Waals surface area contributed by atoms with E-state index in [4.69, 9.17) is 10.5 Å². The normalized spacial score (nSPS) is 10.8. The average Bonchev–Trinajstić information content (AvgIpc) is 3.24. The number of H-pyrrole nitrogens is 1. The number of methoxy groups -OCH3 is 1. The molecule has 3 aromatic carbocycles. The van der Waals surface area contributed by atoms with Gasteiger partial charge in [0, 0.05) is 29.8 Å². The lowest BCUT2D eigenvalue weighted by Gasteiger charge is -2.08. The highest BCUT2D eigenvalue weighted by atomic mass is 19.4. The Morgan fingerprint density at radius 1 is 1.06 bits per heavy atom. The van der Waals surface area contributed by atoms with Crippen LogP contribution in [0.1, 0.15) is 16.1 Å². The van der Waals surface area contributed by atoms with E-state index in [2.05, 4.69) is 10.3 Å². The van der Waals surface area contributed by atoms with Gasteiger partial charge in [-0.25, -0.2) is 4.39 Å². The zero-order valence-electron chi connectivity index (χ0n) is 19.2. The fourth-order valence-corrected chi connectivity index (χ4v) is 3.47. The molecule has 0 saturated carbocycles. The first-order valence-corrected chi connectivity index (χ1v) is 10.4. The Bertz CT molecular complexity index is 1380. The van der Waals surface area contributed by atoms with Crippen molar-refractivity contribution in [2.75, 3.05) is 24.8 Å². The van der Waals surface area contributed by atoms with Crippen LogP contribution in [0.25, 0.3) is 22.0 Å². The van der Waals surface area contributed by atoms with Gasteiger partial charge in [-0.05, 0) is 48.0 Å². The minimum absolute atomic E-state index is 0.110. The summed E-state index contributed by atoms with van der Waals surface area (Å²) in [5.41, 5.74) is 8.00. The van der Waals surface area contributed by atoms with Crippen LogP contribution in [-0.2, 0) is 11.0 Å². The molecule has 1 aromatic heterocycles. The number of fused-ring (bicyclic) bond motifs is 1. The molecule has 1 heterocycles. The van der Waals surface area contributed by atoms with Gasteiger partial charge in [0.05, 0.1) is 23.9 Å². The number of ether oxygens (including phenoxy) is 1. The van der Waals surface area contributed by atoms with E-state index in [0.29, 0.717) is 23.9 Å². The first-order chi connectivity index (χ1) is 17.1. The van der Waals surface area contributed by atoms with Crippen LogP contribution in [0.5, 0.6) is 5.75 Å². The summed E-state index contributed by atoms with van der Waals surface area (Å²) in [6, 6.07) is 15.3. The number of nitrogens with one attached hydrogen (secondary N) is 3. The van der Waals surface area contributed by atoms with Gasteiger partial charge in [0.25, 0.3) is 5.91 Å². The molecule has 0 aliphatic rings. The summed E-state index contributed by atoms with van der Waals surface area (Å²) >= 11 is 0. The van der Waals surface area contributed by atoms with Crippen LogP contribution in [0.2, 0.25) is 0 Å². The summed E-state index contributed by atoms with van der Waals surface area (Å²) in [4.78, 5) is 24.8. The predicted molar refractivity (Wildman–Crippen MR) is 129 cm³/mol. The second kappa shape index (κ2) is 10.8. The van der Waals surface area contributed by atoms with Crippen molar-refractivity contribution in [2.45, 2.75) is 6.18 Å². The highest BCUT2D eigenvalue weighted by Crippen LogP contribution is 2.35. The van der Waals surface area contributed by atoms with Crippen LogP contribution in [0, 0.1) is 5.82 Å². The molecule has 2 amide bonds. The number of rotatable bonds is 6. The highest BCUT2D eigenvalue weighted by molar-refractivity contribution is 6.09. The lowest BCUT2D eigenvalue weighted by atomic mass is 10.0. The zero-order chi connectivity index (χ0) is 26.5. The number of aromatic nitrogens is 1. The Morgan fingerprint density at radius 2 is 1.75 bits per heavy atom. The van der Waals surface area contributed by atoms with Crippen molar-refractivity contribution in [3.63, 3.8) is 0 Å². The second-order valence-corrected chi connectivity index (χ2v) is 7.43. The quantitative estimate of drug-likeness (QED) is 0.209. The summed E-state index contributed by atoms with van der Waals surface area (Å²) in [6.45, 7) is 0. The Balaban J connectivity index is 0.000000223. The van der Waals surface area contributed by atoms with Gasteiger partial charge in [0.15, 0.2) is 0 Å². The number of hydrogen-bond donors (Lipinski definition) is 4. The van der Waals surface area contributed by atoms with Gasteiger partial charge in [-0.3, -0.25) is 9.59 Å². The Hall–Kier alpha value is -4.54. The fourth-order valence-electron chi connectivity index (χ4n) is 3.47. The molecule has 11 heteroatoms. The Labute approximate surface area is 203 Å². The minimum Gasteiger partial charge on any atom is -0.497 e. The second-order valence-electron chi connectivity index (χ2n) is 7.43. The van der Waals surface area contributed by atoms with Gasteiger partial charge in [-0.15, -0.1) is 0 Å². The molecule has 0 aliphatic carbocycles. The van der Waals surface area contributed by atoms with Crippen molar-refractivity contribution in [1.29, 1.82) is 0 Å². The number of halogens is 4. The number of primary amides is 1. The molecule has 0 spiro atoms. The van der Waals surface area contributed by atoms with Gasteiger partial charge in [-0.1, -0.05) is 12.1 Å². The van der Waals surface area contributed by atoms with Crippen molar-refractivity contribution in [2.24, 2.45) is 5.73 Å². The average molecular weight is 502 g/mol. The van der Waals surface area contributed by atoms with Crippen LogP contribution in [0.3, 0.4) is 0 Å². The van der Waals surface area contributed by atoms with Gasteiger partial charge in [-0.2, -0.15) is 13.2 Å². The Morgan fingerprint density at radius 3 is 2.31 bits per heavy atom. The van der Waals surface area contributed by atoms with E-state index >= 15 is 0 Å². The number of anilines is 2. The molecular formula is C25H22F4N4O3. The maximum atomic E-state index is 12.8. The maximum absolute atomic E-state index is 12.8. The summed E-state index contributed by atoms with van der Waals surface area (Å²) in [7, 11) is 3.47. The predicted octanol–water partition coefficient (Wildman–Crippen LogP) is 5.40. The maximum Gasteiger partial charge on any atom is 0.416 e. The van der Waals surface area contributed by atoms with Crippen molar-refractivity contribution in [3.05, 3.63) is 77.7 Å². The van der Waals surface area contributed by atoms with Gasteiger partial charge in [0.1, 0.15) is 17.3 Å². The lowest BCUT2D eigenvalue weighted by Crippen LogP contribution is -2.12. The molecule has 36 heavy (non-hydrogen) atoms. The lowest BCUT2D eigenvalue weighted by molar-refractivity contribution is -0.137. The van der Waals surface area contributed by atoms with Gasteiger partial charge in [0.2, 0.25) is 6.41 Å². The van der Waals surface area contributed by atoms with Crippen LogP contribution in [-0.4, -0.2) is 31.5 Å². The summed E-state index contributed by atoms with van der Waals surface area (Å²) in [5, 5.41) is 5.84. The van der Waals surface area contributed by atoms with Crippen LogP contribution in [0.4, 0.5) is 28.9 Å². The van der Waals surface area contributed by atoms with Gasteiger partial charge >= 0.3 is 6.18 Å². The summed E-state index contributed by atoms with van der Waals surface area (Å²) in [6.07, 6.45) is -4.44. The van der Waals surface area contributed by atoms with Crippen LogP contribution >= 0.6 is 0 Å². The molecule has 0 aliphatic heterocycles. The smallest absolute Gasteiger partial charge is 0.416 e. The number of carbonyl (C=O) groups is 2. The van der Waals surface area contributed by atoms with Gasteiger partial charge < -0.3 is 26.1 Å². The molecule has 7 nitrogen and oxygen atoms in total. The van der Waals surface area contributed by atoms with Crippen molar-refractivity contribution >= 4 is 34.6 Å². The molecular weight excluding hydrogens is 480 g/mol. The summed E-state index contributed by atoms with van der Waals surface area (Å²) < 4.78 is 54.3. The number of carbonyl (C=O) groups excluding carboxylic acids is 2. The molecule has 0 radical (unpaired) electrons. The van der Waals surface area contributed by atoms with E-state index < -0.39 is 29.2 Å². The molecule has 4 rings (SSSR count).